The summed E-state index contributed by atoms with van der Waals surface area (Å²) in [6.45, 7) is 28.2. The van der Waals surface area contributed by atoms with Crippen molar-refractivity contribution in [3.63, 3.8) is 0 Å². The molecule has 0 aliphatic carbocycles. The molecule has 10 nitrogen and oxygen atoms in total. The first-order valence-corrected chi connectivity index (χ1v) is 25.2. The van der Waals surface area contributed by atoms with E-state index in [2.05, 4.69) is 39.3 Å². The number of nitrogens with zero attached hydrogens (tertiary/aromatic N) is 1. The molecule has 12 atom stereocenters. The number of ketones is 1. The number of esters is 1. The number of carbonyl (C=O) groups is 2. The number of aliphatic hydroxyl groups is 1. The Morgan fingerprint density at radius 3 is 2.06 bits per heavy atom. The van der Waals surface area contributed by atoms with Gasteiger partial charge in [-0.25, -0.2) is 0 Å². The molecule has 49 heavy (non-hydrogen) atoms. The molecule has 1 N–H and O–H groups in total. The lowest BCUT2D eigenvalue weighted by molar-refractivity contribution is -0.301. The molecular weight excluding hydrogens is 659 g/mol. The van der Waals surface area contributed by atoms with E-state index in [9.17, 15) is 14.7 Å². The number of ether oxygens (including phenoxy) is 4. The molecule has 286 valence electrons. The number of methoxy groups -OCH3 is 1. The number of likely N-dealkylation sites (N-methyl/N-ethyl adjacent to an activating group) is 1. The Kier molecular flexibility index (Phi) is 15.5. The number of aliphatic hydroxyl groups excluding tert-OH is 1. The second-order valence-electron chi connectivity index (χ2n) is 17.2. The van der Waals surface area contributed by atoms with E-state index in [1.165, 1.54) is 0 Å². The van der Waals surface area contributed by atoms with Gasteiger partial charge < -0.3 is 37.8 Å². The molecule has 0 amide bonds. The van der Waals surface area contributed by atoms with Crippen LogP contribution in [0.3, 0.4) is 0 Å². The van der Waals surface area contributed by atoms with Crippen LogP contribution in [0.2, 0.25) is 39.3 Å². The molecule has 0 radical (unpaired) electrons. The average molecular weight is 730 g/mol. The monoisotopic (exact) mass is 729 g/mol. The van der Waals surface area contributed by atoms with Gasteiger partial charge in [0.2, 0.25) is 0 Å². The zero-order valence-electron chi connectivity index (χ0n) is 33.8. The van der Waals surface area contributed by atoms with Gasteiger partial charge in [-0.2, -0.15) is 0 Å². The van der Waals surface area contributed by atoms with E-state index in [1.807, 2.05) is 80.5 Å². The van der Waals surface area contributed by atoms with Gasteiger partial charge in [0.05, 0.1) is 29.8 Å². The van der Waals surface area contributed by atoms with Crippen LogP contribution < -0.4 is 0 Å². The van der Waals surface area contributed by atoms with Crippen molar-refractivity contribution in [2.24, 2.45) is 17.8 Å². The molecule has 0 aromatic heterocycles. The molecule has 12 heteroatoms. The molecular formula is C37H71NO9Si2. The maximum absolute atomic E-state index is 14.4. The Morgan fingerprint density at radius 1 is 1.00 bits per heavy atom. The summed E-state index contributed by atoms with van der Waals surface area (Å²) in [5.74, 6) is -1.99. The molecule has 0 saturated carbocycles. The topological polar surface area (TPSA) is 113 Å². The Labute approximate surface area is 300 Å². The van der Waals surface area contributed by atoms with E-state index >= 15 is 0 Å². The Hall–Kier alpha value is -0.966. The van der Waals surface area contributed by atoms with Gasteiger partial charge in [-0.3, -0.25) is 9.59 Å². The predicted molar refractivity (Wildman–Crippen MR) is 199 cm³/mol. The van der Waals surface area contributed by atoms with Crippen molar-refractivity contribution >= 4 is 28.4 Å². The normalized spacial score (nSPS) is 39.4. The van der Waals surface area contributed by atoms with Crippen LogP contribution in [0, 0.1) is 17.8 Å². The molecule has 1 unspecified atom stereocenters. The maximum atomic E-state index is 14.4. The summed E-state index contributed by atoms with van der Waals surface area (Å²) in [5.41, 5.74) is -1.42. The maximum Gasteiger partial charge on any atom is 0.311 e. The summed E-state index contributed by atoms with van der Waals surface area (Å²) in [7, 11) is 1.07. The Morgan fingerprint density at radius 2 is 1.59 bits per heavy atom. The fourth-order valence-corrected chi connectivity index (χ4v) is 10.5. The second kappa shape index (κ2) is 17.2. The van der Waals surface area contributed by atoms with Crippen molar-refractivity contribution in [2.45, 2.75) is 174 Å². The van der Waals surface area contributed by atoms with Crippen LogP contribution in [0.15, 0.2) is 11.6 Å². The van der Waals surface area contributed by atoms with E-state index in [1.54, 1.807) is 7.11 Å². The van der Waals surface area contributed by atoms with Gasteiger partial charge in [-0.1, -0.05) is 27.7 Å². The van der Waals surface area contributed by atoms with Gasteiger partial charge in [-0.05, 0) is 118 Å². The van der Waals surface area contributed by atoms with Gasteiger partial charge in [-0.15, -0.1) is 0 Å². The molecule has 2 aliphatic heterocycles. The molecule has 2 heterocycles. The number of hydrogen-bond acceptors (Lipinski definition) is 10. The van der Waals surface area contributed by atoms with E-state index in [0.29, 0.717) is 31.3 Å². The molecule has 0 aromatic carbocycles. The van der Waals surface area contributed by atoms with E-state index in [4.69, 9.17) is 27.8 Å². The summed E-state index contributed by atoms with van der Waals surface area (Å²) >= 11 is 0. The minimum Gasteiger partial charge on any atom is -0.459 e. The van der Waals surface area contributed by atoms with Gasteiger partial charge in [0, 0.05) is 25.0 Å². The van der Waals surface area contributed by atoms with Gasteiger partial charge in [0.15, 0.2) is 28.7 Å². The number of Topliss-reactive ketones (excluding diaryl/α,β-unsaturated/α-hetero) is 1. The lowest BCUT2D eigenvalue weighted by Gasteiger charge is -2.49. The highest BCUT2D eigenvalue weighted by Crippen LogP contribution is 2.40. The molecule has 1 saturated heterocycles. The van der Waals surface area contributed by atoms with Gasteiger partial charge in [0.1, 0.15) is 17.8 Å². The molecule has 0 spiro atoms. The van der Waals surface area contributed by atoms with E-state index in [0.717, 1.165) is 0 Å². The highest BCUT2D eigenvalue weighted by molar-refractivity contribution is 6.70. The lowest BCUT2D eigenvalue weighted by Crippen LogP contribution is -2.60. The highest BCUT2D eigenvalue weighted by atomic mass is 28.4. The predicted octanol–water partition coefficient (Wildman–Crippen LogP) is 6.57. The zero-order chi connectivity index (χ0) is 37.9. The average Bonchev–Trinajstić information content (AvgIpc) is 2.98. The standard InChI is InChI=1S/C37H71NO9Si2/c1-18-27-22-36(7,47-49(15,16)17)29(19-2)44-34(41)26(6)32(46-48(12,13)14)25(5)33(37(8,42-11)21-23(3)30(27)39)45-35-31(40)28(38(9)10)20-24(4)43-35/h22-26,28-29,31-33,35,40H,18-21H2,1-17H3/t23-,24-,25+,26-,28+,29-,31-,32+,33-,35?,36+,37+/m1/s1. The minimum atomic E-state index is -2.25. The molecule has 0 bridgehead atoms. The quantitative estimate of drug-likeness (QED) is 0.196. The molecule has 0 aromatic rings. The third-order valence-electron chi connectivity index (χ3n) is 10.1. The van der Waals surface area contributed by atoms with Crippen LogP contribution in [0.5, 0.6) is 0 Å². The lowest BCUT2D eigenvalue weighted by atomic mass is 9.76. The summed E-state index contributed by atoms with van der Waals surface area (Å²) < 4.78 is 39.6. The smallest absolute Gasteiger partial charge is 0.311 e. The number of carbonyl (C=O) groups excluding carboxylic acids is 2. The molecule has 2 rings (SSSR count). The zero-order valence-corrected chi connectivity index (χ0v) is 35.8. The van der Waals surface area contributed by atoms with Crippen LogP contribution in [0.1, 0.15) is 81.1 Å². The summed E-state index contributed by atoms with van der Waals surface area (Å²) in [6.07, 6.45) is -0.180. The van der Waals surface area contributed by atoms with Crippen LogP contribution in [-0.4, -0.2) is 114 Å². The van der Waals surface area contributed by atoms with Crippen molar-refractivity contribution in [1.82, 2.24) is 4.90 Å². The van der Waals surface area contributed by atoms with Crippen LogP contribution >= 0.6 is 0 Å². The van der Waals surface area contributed by atoms with E-state index < -0.39 is 82.3 Å². The Balaban J connectivity index is 2.86. The first-order chi connectivity index (χ1) is 22.3. The highest BCUT2D eigenvalue weighted by Gasteiger charge is 2.51. The molecule has 1 fully saturated rings. The van der Waals surface area contributed by atoms with Crippen LogP contribution in [0.4, 0.5) is 0 Å². The largest absolute Gasteiger partial charge is 0.459 e. The Bertz CT molecular complexity index is 1140. The minimum absolute atomic E-state index is 0.0145. The number of rotatable bonds is 10. The first kappa shape index (κ1) is 44.2. The SMILES string of the molecule is CCC1=C[C@](C)(O[Si](C)(C)C)[C@@H](CC)OC(=O)[C@H](C)[C@@H](O[Si](C)(C)C)[C@H](C)[C@@H](OC2O[C@H](C)C[C@H](N(C)C)[C@H]2O)[C@@](C)(OC)C[C@@H](C)C1=O. The summed E-state index contributed by atoms with van der Waals surface area (Å²) in [6, 6.07) is -0.185. The summed E-state index contributed by atoms with van der Waals surface area (Å²) in [4.78, 5) is 30.6. The van der Waals surface area contributed by atoms with Crippen LogP contribution in [0.25, 0.3) is 0 Å². The second-order valence-corrected chi connectivity index (χ2v) is 26.1. The third-order valence-corrected chi connectivity index (χ3v) is 12.1. The summed E-state index contributed by atoms with van der Waals surface area (Å²) in [5, 5.41) is 11.5. The fourth-order valence-electron chi connectivity index (χ4n) is 7.73. The number of hydrogen-bond donors (Lipinski definition) is 1. The van der Waals surface area contributed by atoms with Gasteiger partial charge >= 0.3 is 5.97 Å². The van der Waals surface area contributed by atoms with Crippen molar-refractivity contribution in [3.8, 4) is 0 Å². The number of cyclic esters (lactones) is 1. The third kappa shape index (κ3) is 11.5. The first-order valence-electron chi connectivity index (χ1n) is 18.4. The fraction of sp³-hybridized carbons (Fsp3) is 0.892. The van der Waals surface area contributed by atoms with Crippen molar-refractivity contribution < 1.29 is 42.5 Å². The number of allylic oxidation sites excluding steroid dienone is 1. The van der Waals surface area contributed by atoms with E-state index in [-0.39, 0.29) is 17.9 Å². The molecule has 2 aliphatic rings. The van der Waals surface area contributed by atoms with Crippen molar-refractivity contribution in [1.29, 1.82) is 0 Å². The van der Waals surface area contributed by atoms with Crippen molar-refractivity contribution in [2.75, 3.05) is 21.2 Å². The van der Waals surface area contributed by atoms with Gasteiger partial charge in [0.25, 0.3) is 0 Å². The van der Waals surface area contributed by atoms with Crippen molar-refractivity contribution in [3.05, 3.63) is 11.6 Å². The van der Waals surface area contributed by atoms with Crippen LogP contribution in [-0.2, 0) is 37.4 Å².